The maximum atomic E-state index is 14.8. The van der Waals surface area contributed by atoms with Gasteiger partial charge in [-0.25, -0.2) is 18.8 Å². The summed E-state index contributed by atoms with van der Waals surface area (Å²) in [4.78, 5) is 20.5. The first kappa shape index (κ1) is 24.8. The minimum atomic E-state index is -2.88. The van der Waals surface area contributed by atoms with E-state index in [0.29, 0.717) is 22.0 Å². The smallest absolute Gasteiger partial charge is 0.331 e. The van der Waals surface area contributed by atoms with Crippen molar-refractivity contribution in [2.75, 3.05) is 37.0 Å². The molecule has 2 N–H and O–H groups in total. The van der Waals surface area contributed by atoms with Crippen LogP contribution in [0.4, 0.5) is 28.6 Å². The molecule has 3 heterocycles. The van der Waals surface area contributed by atoms with E-state index in [9.17, 15) is 17.6 Å². The molecule has 4 rings (SSSR count). The fourth-order valence-electron chi connectivity index (χ4n) is 3.67. The Morgan fingerprint density at radius 2 is 2.03 bits per heavy atom. The summed E-state index contributed by atoms with van der Waals surface area (Å²) in [6.07, 6.45) is 1.14. The average molecular weight is 510 g/mol. The second kappa shape index (κ2) is 10.1. The van der Waals surface area contributed by atoms with Crippen LogP contribution in [0.5, 0.6) is 0 Å². The lowest BCUT2D eigenvalue weighted by Gasteiger charge is -2.37. The monoisotopic (exact) mass is 509 g/mol. The molecule has 3 aromatic rings. The van der Waals surface area contributed by atoms with Crippen molar-refractivity contribution in [3.8, 4) is 11.3 Å². The van der Waals surface area contributed by atoms with Crippen LogP contribution in [-0.2, 0) is 4.74 Å². The number of aliphatic imine (C=N–C) groups is 1. The highest BCUT2D eigenvalue weighted by molar-refractivity contribution is 7.22. The van der Waals surface area contributed by atoms with E-state index in [1.165, 1.54) is 23.6 Å². The van der Waals surface area contributed by atoms with Crippen molar-refractivity contribution in [1.29, 1.82) is 0 Å². The van der Waals surface area contributed by atoms with Gasteiger partial charge >= 0.3 is 6.55 Å². The summed E-state index contributed by atoms with van der Waals surface area (Å²) in [7, 11) is 3.64. The normalized spacial score (nSPS) is 19.3. The highest BCUT2D eigenvalue weighted by Gasteiger charge is 2.30. The van der Waals surface area contributed by atoms with Gasteiger partial charge in [0, 0.05) is 50.3 Å². The fourth-order valence-corrected chi connectivity index (χ4v) is 4.61. The number of ether oxygens (including phenoxy) is 1. The molecular formula is C22H23F4N7OS. The third kappa shape index (κ3) is 5.35. The molecule has 0 radical (unpaired) electrons. The minimum absolute atomic E-state index is 0.110. The molecular weight excluding hydrogens is 486 g/mol. The van der Waals surface area contributed by atoms with Crippen LogP contribution in [0.25, 0.3) is 21.6 Å². The van der Waals surface area contributed by atoms with Crippen molar-refractivity contribution in [3.63, 3.8) is 0 Å². The number of benzene rings is 1. The van der Waals surface area contributed by atoms with Gasteiger partial charge in [0.1, 0.15) is 22.4 Å². The number of fused-ring (bicyclic) bond motifs is 1. The molecule has 1 aliphatic rings. The lowest BCUT2D eigenvalue weighted by atomic mass is 10.1. The molecule has 1 saturated heterocycles. The molecule has 13 heteroatoms. The number of nitrogens with zero attached hydrogens (tertiary/aromatic N) is 6. The first-order valence-electron chi connectivity index (χ1n) is 10.6. The number of alkyl halides is 2. The number of thiazole rings is 1. The number of anilines is 2. The molecule has 2 aromatic heterocycles. The number of rotatable bonds is 6. The van der Waals surface area contributed by atoms with Gasteiger partial charge < -0.3 is 20.3 Å². The Morgan fingerprint density at radius 1 is 1.26 bits per heavy atom. The molecule has 0 bridgehead atoms. The number of hydrogen-bond donors (Lipinski definition) is 1. The maximum absolute atomic E-state index is 14.8. The number of aromatic nitrogens is 3. The Morgan fingerprint density at radius 3 is 2.69 bits per heavy atom. The quantitative estimate of drug-likeness (QED) is 0.307. The van der Waals surface area contributed by atoms with Crippen molar-refractivity contribution in [3.05, 3.63) is 41.6 Å². The Hall–Kier alpha value is -3.32. The molecule has 0 spiro atoms. The first-order valence-corrected chi connectivity index (χ1v) is 11.4. The maximum Gasteiger partial charge on any atom is 0.331 e. The zero-order chi connectivity index (χ0) is 25.3. The summed E-state index contributed by atoms with van der Waals surface area (Å²) < 4.78 is 60.0. The van der Waals surface area contributed by atoms with Gasteiger partial charge in [0.05, 0.1) is 18.3 Å². The molecule has 0 aliphatic carbocycles. The Kier molecular flexibility index (Phi) is 7.17. The Bertz CT molecular complexity index is 1280. The van der Waals surface area contributed by atoms with Gasteiger partial charge in [0.25, 0.3) is 0 Å². The number of hydrogen-bond acceptors (Lipinski definition) is 9. The van der Waals surface area contributed by atoms with E-state index in [1.54, 1.807) is 9.80 Å². The molecule has 1 aliphatic heterocycles. The number of halogens is 4. The number of nitrogens with two attached hydrogens (primary N) is 1. The van der Waals surface area contributed by atoms with Crippen LogP contribution < -0.4 is 15.5 Å². The topological polar surface area (TPSA) is 92.8 Å². The van der Waals surface area contributed by atoms with Crippen LogP contribution in [0.2, 0.25) is 0 Å². The second-order valence-corrected chi connectivity index (χ2v) is 9.08. The summed E-state index contributed by atoms with van der Waals surface area (Å²) in [6, 6.07) is 3.28. The van der Waals surface area contributed by atoms with Gasteiger partial charge in [0.15, 0.2) is 10.8 Å². The van der Waals surface area contributed by atoms with Gasteiger partial charge in [-0.1, -0.05) is 11.3 Å². The predicted octanol–water partition coefficient (Wildman–Crippen LogP) is 3.83. The summed E-state index contributed by atoms with van der Waals surface area (Å²) in [6.45, 7) is -0.508. The molecule has 35 heavy (non-hydrogen) atoms. The Balaban J connectivity index is 1.79. The molecule has 186 valence electrons. The molecule has 2 atom stereocenters. The third-order valence-corrected chi connectivity index (χ3v) is 6.46. The van der Waals surface area contributed by atoms with E-state index in [-0.39, 0.29) is 35.4 Å². The summed E-state index contributed by atoms with van der Waals surface area (Å²) in [5.41, 5.74) is 6.65. The minimum Gasteiger partial charge on any atom is -0.404 e. The van der Waals surface area contributed by atoms with Crippen molar-refractivity contribution < 1.29 is 22.3 Å². The van der Waals surface area contributed by atoms with Crippen molar-refractivity contribution in [2.24, 2.45) is 10.7 Å². The van der Waals surface area contributed by atoms with Gasteiger partial charge in [-0.15, -0.1) is 0 Å². The molecule has 8 nitrogen and oxygen atoms in total. The summed E-state index contributed by atoms with van der Waals surface area (Å²) in [5, 5.41) is 0.639. The molecule has 1 fully saturated rings. The van der Waals surface area contributed by atoms with Crippen molar-refractivity contribution in [1.82, 2.24) is 15.0 Å². The van der Waals surface area contributed by atoms with Gasteiger partial charge in [-0.05, 0) is 19.1 Å². The van der Waals surface area contributed by atoms with E-state index in [0.717, 1.165) is 18.3 Å². The average Bonchev–Trinajstić information content (AvgIpc) is 3.23. The number of morpholine rings is 1. The van der Waals surface area contributed by atoms with Gasteiger partial charge in [-0.2, -0.15) is 18.7 Å². The molecule has 1 aromatic carbocycles. The van der Waals surface area contributed by atoms with Gasteiger partial charge in [-0.3, -0.25) is 0 Å². The van der Waals surface area contributed by atoms with Crippen LogP contribution in [-0.4, -0.2) is 67.1 Å². The zero-order valence-corrected chi connectivity index (χ0v) is 19.9. The van der Waals surface area contributed by atoms with E-state index in [4.69, 9.17) is 10.5 Å². The third-order valence-electron chi connectivity index (χ3n) is 5.24. The van der Waals surface area contributed by atoms with E-state index < -0.39 is 24.3 Å². The van der Waals surface area contributed by atoms with E-state index >= 15 is 0 Å². The van der Waals surface area contributed by atoms with E-state index in [1.807, 2.05) is 21.0 Å². The highest BCUT2D eigenvalue weighted by atomic mass is 32.1. The summed E-state index contributed by atoms with van der Waals surface area (Å²) in [5.74, 6) is -1.22. The highest BCUT2D eigenvalue weighted by Crippen LogP contribution is 2.37. The van der Waals surface area contributed by atoms with Crippen molar-refractivity contribution in [2.45, 2.75) is 25.7 Å². The second-order valence-electron chi connectivity index (χ2n) is 8.10. The standard InChI is InChI=1S/C22H23F4N7OS/c1-11-9-33(10-16(34-11)12(7-27)8-28-20(25)26)21-29-17(14-5-4-13(23)6-15(14)24)18-19(30-21)31-22(35-18)32(2)3/h4-8,11,16,20H,9-10,27H2,1-3H3/b12-7+,28-8+. The lowest BCUT2D eigenvalue weighted by molar-refractivity contribution is 0.00659. The first-order chi connectivity index (χ1) is 16.7. The van der Waals surface area contributed by atoms with Crippen LogP contribution in [0.1, 0.15) is 6.92 Å². The van der Waals surface area contributed by atoms with Crippen LogP contribution >= 0.6 is 11.3 Å². The van der Waals surface area contributed by atoms with Crippen LogP contribution in [0.3, 0.4) is 0 Å². The molecule has 2 unspecified atom stereocenters. The van der Waals surface area contributed by atoms with Crippen LogP contribution in [0.15, 0.2) is 35.0 Å². The van der Waals surface area contributed by atoms with Gasteiger partial charge in [0.2, 0.25) is 5.95 Å². The Labute approximate surface area is 202 Å². The summed E-state index contributed by atoms with van der Waals surface area (Å²) >= 11 is 1.29. The zero-order valence-electron chi connectivity index (χ0n) is 19.1. The van der Waals surface area contributed by atoms with E-state index in [2.05, 4.69) is 19.9 Å². The molecule has 0 amide bonds. The SMILES string of the molecule is CC1CN(c2nc(-c3ccc(F)cc3F)c3sc(N(C)C)nc3n2)CC(C(/C=N/C(F)F)=C/N)O1. The van der Waals surface area contributed by atoms with Crippen LogP contribution in [0, 0.1) is 11.6 Å². The van der Waals surface area contributed by atoms with Crippen molar-refractivity contribution >= 4 is 39.0 Å². The predicted molar refractivity (Wildman–Crippen MR) is 128 cm³/mol. The largest absolute Gasteiger partial charge is 0.404 e. The molecule has 0 saturated carbocycles. The fraction of sp³-hybridized carbons (Fsp3) is 0.364. The lowest BCUT2D eigenvalue weighted by Crippen LogP contribution is -2.48.